The standard InChI is InChI=1S/C15H31N3O/c1-4-17(5-2)13-14-8-11-18(12-9-14)15(19)7-6-10-16-3/h14,16H,4-13H2,1-3H3. The first-order chi connectivity index (χ1) is 9.21. The molecule has 4 heteroatoms. The maximum atomic E-state index is 12.0. The fourth-order valence-electron chi connectivity index (χ4n) is 2.79. The maximum absolute atomic E-state index is 12.0. The van der Waals surface area contributed by atoms with Crippen LogP contribution in [0.1, 0.15) is 39.5 Å². The monoisotopic (exact) mass is 269 g/mol. The molecule has 1 fully saturated rings. The summed E-state index contributed by atoms with van der Waals surface area (Å²) < 4.78 is 0. The number of hydrogen-bond acceptors (Lipinski definition) is 3. The van der Waals surface area contributed by atoms with Gasteiger partial charge < -0.3 is 15.1 Å². The number of nitrogens with one attached hydrogen (secondary N) is 1. The van der Waals surface area contributed by atoms with Gasteiger partial charge in [-0.2, -0.15) is 0 Å². The van der Waals surface area contributed by atoms with Gasteiger partial charge >= 0.3 is 0 Å². The molecule has 19 heavy (non-hydrogen) atoms. The summed E-state index contributed by atoms with van der Waals surface area (Å²) in [6.45, 7) is 10.8. The van der Waals surface area contributed by atoms with Crippen molar-refractivity contribution in [2.75, 3.05) is 46.3 Å². The van der Waals surface area contributed by atoms with Crippen molar-refractivity contribution in [3.63, 3.8) is 0 Å². The van der Waals surface area contributed by atoms with Crippen molar-refractivity contribution in [2.24, 2.45) is 5.92 Å². The topological polar surface area (TPSA) is 35.6 Å². The van der Waals surface area contributed by atoms with E-state index in [0.29, 0.717) is 12.3 Å². The predicted octanol–water partition coefficient (Wildman–Crippen LogP) is 1.57. The number of carbonyl (C=O) groups excluding carboxylic acids is 1. The fourth-order valence-corrected chi connectivity index (χ4v) is 2.79. The van der Waals surface area contributed by atoms with Crippen LogP contribution in [0.4, 0.5) is 0 Å². The zero-order chi connectivity index (χ0) is 14.1. The maximum Gasteiger partial charge on any atom is 0.222 e. The summed E-state index contributed by atoms with van der Waals surface area (Å²) in [6, 6.07) is 0. The van der Waals surface area contributed by atoms with Gasteiger partial charge in [0.25, 0.3) is 0 Å². The number of nitrogens with zero attached hydrogens (tertiary/aromatic N) is 2. The molecule has 0 aromatic heterocycles. The zero-order valence-corrected chi connectivity index (χ0v) is 13.0. The van der Waals surface area contributed by atoms with Gasteiger partial charge in [0.1, 0.15) is 0 Å². The highest BCUT2D eigenvalue weighted by molar-refractivity contribution is 5.76. The normalized spacial score (nSPS) is 17.2. The molecule has 0 radical (unpaired) electrons. The van der Waals surface area contributed by atoms with Crippen molar-refractivity contribution in [3.8, 4) is 0 Å². The lowest BCUT2D eigenvalue weighted by molar-refractivity contribution is -0.132. The van der Waals surface area contributed by atoms with E-state index >= 15 is 0 Å². The minimum atomic E-state index is 0.344. The Morgan fingerprint density at radius 2 is 1.89 bits per heavy atom. The second-order valence-electron chi connectivity index (χ2n) is 5.52. The third-order valence-corrected chi connectivity index (χ3v) is 4.20. The van der Waals surface area contributed by atoms with Crippen molar-refractivity contribution in [3.05, 3.63) is 0 Å². The predicted molar refractivity (Wildman–Crippen MR) is 80.3 cm³/mol. The van der Waals surface area contributed by atoms with Gasteiger partial charge in [0.05, 0.1) is 0 Å². The fraction of sp³-hybridized carbons (Fsp3) is 0.933. The van der Waals surface area contributed by atoms with E-state index in [2.05, 4.69) is 29.0 Å². The van der Waals surface area contributed by atoms with Crippen LogP contribution >= 0.6 is 0 Å². The molecule has 1 aliphatic heterocycles. The molecule has 0 aromatic carbocycles. The largest absolute Gasteiger partial charge is 0.343 e. The molecule has 0 spiro atoms. The van der Waals surface area contributed by atoms with Gasteiger partial charge in [0.15, 0.2) is 0 Å². The van der Waals surface area contributed by atoms with Crippen molar-refractivity contribution in [1.82, 2.24) is 15.1 Å². The van der Waals surface area contributed by atoms with Crippen LogP contribution in [0.2, 0.25) is 0 Å². The lowest BCUT2D eigenvalue weighted by atomic mass is 9.96. The molecule has 0 unspecified atom stereocenters. The molecule has 1 aliphatic rings. The lowest BCUT2D eigenvalue weighted by Gasteiger charge is -2.34. The number of carbonyl (C=O) groups is 1. The van der Waals surface area contributed by atoms with Crippen LogP contribution in [0.5, 0.6) is 0 Å². The molecule has 0 saturated carbocycles. The summed E-state index contributed by atoms with van der Waals surface area (Å²) >= 11 is 0. The molecule has 1 rings (SSSR count). The number of piperidine rings is 1. The van der Waals surface area contributed by atoms with E-state index in [0.717, 1.165) is 45.1 Å². The average molecular weight is 269 g/mol. The molecule has 4 nitrogen and oxygen atoms in total. The third kappa shape index (κ3) is 5.91. The summed E-state index contributed by atoms with van der Waals surface area (Å²) in [5.74, 6) is 1.12. The van der Waals surface area contributed by atoms with Gasteiger partial charge in [-0.05, 0) is 51.9 Å². The van der Waals surface area contributed by atoms with Gasteiger partial charge in [0, 0.05) is 26.1 Å². The van der Waals surface area contributed by atoms with Crippen molar-refractivity contribution in [2.45, 2.75) is 39.5 Å². The van der Waals surface area contributed by atoms with E-state index < -0.39 is 0 Å². The van der Waals surface area contributed by atoms with Crippen LogP contribution in [0.25, 0.3) is 0 Å². The van der Waals surface area contributed by atoms with Crippen molar-refractivity contribution in [1.29, 1.82) is 0 Å². The quantitative estimate of drug-likeness (QED) is 0.679. The number of rotatable bonds is 8. The molecule has 112 valence electrons. The van der Waals surface area contributed by atoms with E-state index in [4.69, 9.17) is 0 Å². The molecule has 0 bridgehead atoms. The Bertz CT molecular complexity index is 246. The van der Waals surface area contributed by atoms with E-state index in [1.165, 1.54) is 19.4 Å². The Kier molecular flexibility index (Phi) is 8.07. The second kappa shape index (κ2) is 9.32. The minimum Gasteiger partial charge on any atom is -0.343 e. The van der Waals surface area contributed by atoms with Gasteiger partial charge in [-0.1, -0.05) is 13.8 Å². The van der Waals surface area contributed by atoms with Crippen LogP contribution in [0.15, 0.2) is 0 Å². The number of amides is 1. The number of likely N-dealkylation sites (tertiary alicyclic amines) is 1. The van der Waals surface area contributed by atoms with E-state index in [9.17, 15) is 4.79 Å². The SMILES string of the molecule is CCN(CC)CC1CCN(C(=O)CCCNC)CC1. The Labute approximate surface area is 118 Å². The second-order valence-corrected chi connectivity index (χ2v) is 5.52. The Morgan fingerprint density at radius 3 is 2.42 bits per heavy atom. The molecular weight excluding hydrogens is 238 g/mol. The van der Waals surface area contributed by atoms with Crippen molar-refractivity contribution >= 4 is 5.91 Å². The van der Waals surface area contributed by atoms with E-state index in [-0.39, 0.29) is 0 Å². The lowest BCUT2D eigenvalue weighted by Crippen LogP contribution is -2.41. The van der Waals surface area contributed by atoms with Crippen LogP contribution in [-0.4, -0.2) is 62.0 Å². The average Bonchev–Trinajstić information content (AvgIpc) is 2.45. The van der Waals surface area contributed by atoms with E-state index in [1.54, 1.807) is 0 Å². The zero-order valence-electron chi connectivity index (χ0n) is 13.0. The van der Waals surface area contributed by atoms with Gasteiger partial charge in [0.2, 0.25) is 5.91 Å². The first kappa shape index (κ1) is 16.4. The third-order valence-electron chi connectivity index (χ3n) is 4.20. The first-order valence-corrected chi connectivity index (χ1v) is 7.85. The smallest absolute Gasteiger partial charge is 0.222 e. The highest BCUT2D eigenvalue weighted by Crippen LogP contribution is 2.19. The van der Waals surface area contributed by atoms with Crippen LogP contribution < -0.4 is 5.32 Å². The van der Waals surface area contributed by atoms with Gasteiger partial charge in [-0.25, -0.2) is 0 Å². The van der Waals surface area contributed by atoms with Crippen LogP contribution in [0.3, 0.4) is 0 Å². The number of hydrogen-bond donors (Lipinski definition) is 1. The molecule has 1 heterocycles. The molecule has 1 saturated heterocycles. The highest BCUT2D eigenvalue weighted by Gasteiger charge is 2.23. The molecule has 1 N–H and O–H groups in total. The molecule has 0 atom stereocenters. The van der Waals surface area contributed by atoms with E-state index in [1.807, 2.05) is 7.05 Å². The molecule has 1 amide bonds. The van der Waals surface area contributed by atoms with Crippen LogP contribution in [-0.2, 0) is 4.79 Å². The van der Waals surface area contributed by atoms with Crippen molar-refractivity contribution < 1.29 is 4.79 Å². The Balaban J connectivity index is 2.22. The highest BCUT2D eigenvalue weighted by atomic mass is 16.2. The Morgan fingerprint density at radius 1 is 1.26 bits per heavy atom. The molecule has 0 aromatic rings. The molecule has 0 aliphatic carbocycles. The molecular formula is C15H31N3O. The minimum absolute atomic E-state index is 0.344. The summed E-state index contributed by atoms with van der Waals surface area (Å²) in [5.41, 5.74) is 0. The summed E-state index contributed by atoms with van der Waals surface area (Å²) in [4.78, 5) is 16.6. The first-order valence-electron chi connectivity index (χ1n) is 7.85. The van der Waals surface area contributed by atoms with Gasteiger partial charge in [-0.3, -0.25) is 4.79 Å². The van der Waals surface area contributed by atoms with Crippen LogP contribution in [0, 0.1) is 5.92 Å². The summed E-state index contributed by atoms with van der Waals surface area (Å²) in [6.07, 6.45) is 4.00. The summed E-state index contributed by atoms with van der Waals surface area (Å²) in [5, 5.41) is 3.09. The van der Waals surface area contributed by atoms with Gasteiger partial charge in [-0.15, -0.1) is 0 Å². The Hall–Kier alpha value is -0.610. The summed E-state index contributed by atoms with van der Waals surface area (Å²) in [7, 11) is 1.93.